The Hall–Kier alpha value is -3.99. The highest BCUT2D eigenvalue weighted by molar-refractivity contribution is 8.01. The van der Waals surface area contributed by atoms with Crippen molar-refractivity contribution in [3.8, 4) is 11.4 Å². The second-order valence-corrected chi connectivity index (χ2v) is 11.1. The second-order valence-electron chi connectivity index (χ2n) is 9.41. The van der Waals surface area contributed by atoms with Gasteiger partial charge in [0, 0.05) is 17.5 Å². The quantitative estimate of drug-likeness (QED) is 0.267. The predicted molar refractivity (Wildman–Crippen MR) is 141 cm³/mol. The number of alkyl halides is 3. The number of hydrogen-bond acceptors (Lipinski definition) is 5. The van der Waals surface area contributed by atoms with Crippen molar-refractivity contribution >= 4 is 17.7 Å². The van der Waals surface area contributed by atoms with E-state index in [1.807, 2.05) is 43.3 Å². The Morgan fingerprint density at radius 3 is 2.23 bits per heavy atom. The molecule has 0 radical (unpaired) electrons. The van der Waals surface area contributed by atoms with Crippen LogP contribution in [0.15, 0.2) is 82.5 Å². The lowest BCUT2D eigenvalue weighted by atomic mass is 10.1. The standard InChI is InChI=1S/C28H26F3N3O4S/c1-17-16-21(39-27(2,3)25(35)36)14-15-22(17)38-23(18-8-6-5-7-9-18)24-32-34(26(37)33(24)4)20-12-10-19(11-13-20)28(29,30)31/h5-16,23H,1-4H3,(H,35,36). The molecule has 1 unspecified atom stereocenters. The SMILES string of the molecule is Cc1cc(SC(C)(C)C(=O)O)ccc1OC(c1ccccc1)c1nn(-c2ccc(C(F)(F)F)cc2)c(=O)n1C. The zero-order chi connectivity index (χ0) is 28.5. The number of rotatable bonds is 8. The number of hydrogen-bond donors (Lipinski definition) is 1. The molecule has 7 nitrogen and oxygen atoms in total. The highest BCUT2D eigenvalue weighted by Gasteiger charge is 2.31. The fraction of sp³-hybridized carbons (Fsp3) is 0.250. The van der Waals surface area contributed by atoms with E-state index < -0.39 is 34.2 Å². The number of aliphatic carboxylic acids is 1. The molecule has 0 amide bonds. The maximum Gasteiger partial charge on any atom is 0.416 e. The lowest BCUT2D eigenvalue weighted by molar-refractivity contribution is -0.139. The summed E-state index contributed by atoms with van der Waals surface area (Å²) in [4.78, 5) is 25.4. The van der Waals surface area contributed by atoms with Crippen LogP contribution in [0.1, 0.15) is 42.5 Å². The molecule has 0 saturated carbocycles. The summed E-state index contributed by atoms with van der Waals surface area (Å²) >= 11 is 1.21. The number of carboxylic acids is 1. The van der Waals surface area contributed by atoms with Gasteiger partial charge in [-0.15, -0.1) is 16.9 Å². The molecule has 0 fully saturated rings. The van der Waals surface area contributed by atoms with E-state index in [1.165, 1.54) is 35.5 Å². The van der Waals surface area contributed by atoms with Crippen molar-refractivity contribution in [2.75, 3.05) is 0 Å². The van der Waals surface area contributed by atoms with E-state index in [-0.39, 0.29) is 11.5 Å². The summed E-state index contributed by atoms with van der Waals surface area (Å²) in [6.45, 7) is 5.08. The molecule has 0 aliphatic rings. The molecule has 204 valence electrons. The van der Waals surface area contributed by atoms with Crippen LogP contribution in [-0.2, 0) is 18.0 Å². The third-order valence-electron chi connectivity index (χ3n) is 6.07. The van der Waals surface area contributed by atoms with Crippen molar-refractivity contribution in [1.29, 1.82) is 0 Å². The first-order valence-electron chi connectivity index (χ1n) is 11.9. The summed E-state index contributed by atoms with van der Waals surface area (Å²) in [5, 5.41) is 13.9. The molecule has 4 rings (SSSR count). The van der Waals surface area contributed by atoms with Crippen LogP contribution in [0.3, 0.4) is 0 Å². The number of thioether (sulfide) groups is 1. The number of aromatic nitrogens is 3. The molecule has 1 N–H and O–H groups in total. The molecular formula is C28H26F3N3O4S. The zero-order valence-corrected chi connectivity index (χ0v) is 22.4. The van der Waals surface area contributed by atoms with Gasteiger partial charge in [0.1, 0.15) is 10.5 Å². The van der Waals surface area contributed by atoms with Gasteiger partial charge in [0.2, 0.25) is 0 Å². The fourth-order valence-electron chi connectivity index (χ4n) is 3.82. The van der Waals surface area contributed by atoms with Gasteiger partial charge in [0.15, 0.2) is 11.9 Å². The molecule has 1 heterocycles. The van der Waals surface area contributed by atoms with E-state index in [4.69, 9.17) is 4.74 Å². The average Bonchev–Trinajstić information content (AvgIpc) is 3.17. The Bertz CT molecular complexity index is 1550. The molecule has 4 aromatic rings. The van der Waals surface area contributed by atoms with Crippen LogP contribution in [-0.4, -0.2) is 30.2 Å². The van der Waals surface area contributed by atoms with Crippen molar-refractivity contribution in [1.82, 2.24) is 14.3 Å². The van der Waals surface area contributed by atoms with Crippen molar-refractivity contribution in [3.63, 3.8) is 0 Å². The number of nitrogens with zero attached hydrogens (tertiary/aromatic N) is 3. The number of carboxylic acid groups (broad SMARTS) is 1. The lowest BCUT2D eigenvalue weighted by Crippen LogP contribution is -2.26. The average molecular weight is 558 g/mol. The van der Waals surface area contributed by atoms with Gasteiger partial charge in [-0.05, 0) is 68.8 Å². The maximum absolute atomic E-state index is 13.1. The van der Waals surface area contributed by atoms with E-state index in [0.717, 1.165) is 27.3 Å². The van der Waals surface area contributed by atoms with E-state index in [9.17, 15) is 27.9 Å². The summed E-state index contributed by atoms with van der Waals surface area (Å²) in [7, 11) is 1.52. The third-order valence-corrected chi connectivity index (χ3v) is 7.24. The highest BCUT2D eigenvalue weighted by atomic mass is 32.2. The van der Waals surface area contributed by atoms with Crippen LogP contribution in [0.4, 0.5) is 13.2 Å². The minimum absolute atomic E-state index is 0.181. The van der Waals surface area contributed by atoms with Gasteiger partial charge in [-0.2, -0.15) is 17.9 Å². The summed E-state index contributed by atoms with van der Waals surface area (Å²) in [5.41, 5.74) is 0.253. The zero-order valence-electron chi connectivity index (χ0n) is 21.6. The second kappa shape index (κ2) is 10.6. The Kier molecular flexibility index (Phi) is 7.65. The van der Waals surface area contributed by atoms with Crippen LogP contribution in [0, 0.1) is 6.92 Å². The molecule has 1 aromatic heterocycles. The molecule has 0 bridgehead atoms. The van der Waals surface area contributed by atoms with E-state index >= 15 is 0 Å². The monoisotopic (exact) mass is 557 g/mol. The normalized spacial score (nSPS) is 12.8. The van der Waals surface area contributed by atoms with Gasteiger partial charge in [0.25, 0.3) is 0 Å². The van der Waals surface area contributed by atoms with Gasteiger partial charge < -0.3 is 9.84 Å². The number of ether oxygens (including phenoxy) is 1. The molecule has 0 spiro atoms. The Morgan fingerprint density at radius 2 is 1.67 bits per heavy atom. The number of benzene rings is 3. The van der Waals surface area contributed by atoms with Crippen LogP contribution in [0.2, 0.25) is 0 Å². The van der Waals surface area contributed by atoms with Crippen LogP contribution >= 0.6 is 11.8 Å². The molecule has 3 aromatic carbocycles. The van der Waals surface area contributed by atoms with Crippen LogP contribution in [0.5, 0.6) is 5.75 Å². The first kappa shape index (κ1) is 28.0. The van der Waals surface area contributed by atoms with Crippen LogP contribution < -0.4 is 10.4 Å². The first-order chi connectivity index (χ1) is 18.3. The van der Waals surface area contributed by atoms with Crippen molar-refractivity contribution in [2.45, 2.75) is 42.7 Å². The van der Waals surface area contributed by atoms with Crippen molar-refractivity contribution < 1.29 is 27.8 Å². The fourth-order valence-corrected chi connectivity index (χ4v) is 4.87. The Balaban J connectivity index is 1.72. The summed E-state index contributed by atoms with van der Waals surface area (Å²) in [6.07, 6.45) is -5.33. The minimum atomic E-state index is -4.50. The maximum atomic E-state index is 13.1. The summed E-state index contributed by atoms with van der Waals surface area (Å²) in [6, 6.07) is 18.6. The molecule has 0 aliphatic heterocycles. The van der Waals surface area contributed by atoms with Crippen molar-refractivity contribution in [2.24, 2.45) is 7.05 Å². The van der Waals surface area contributed by atoms with Crippen molar-refractivity contribution in [3.05, 3.63) is 106 Å². The Morgan fingerprint density at radius 1 is 1.03 bits per heavy atom. The smallest absolute Gasteiger partial charge is 0.416 e. The number of halogens is 3. The number of aryl methyl sites for hydroxylation is 1. The molecular weight excluding hydrogens is 531 g/mol. The largest absolute Gasteiger partial charge is 0.480 e. The van der Waals surface area contributed by atoms with Gasteiger partial charge in [0.05, 0.1) is 11.3 Å². The van der Waals surface area contributed by atoms with Gasteiger partial charge in [-0.3, -0.25) is 9.36 Å². The topological polar surface area (TPSA) is 86.3 Å². The molecule has 11 heteroatoms. The van der Waals surface area contributed by atoms with Gasteiger partial charge >= 0.3 is 17.8 Å². The van der Waals surface area contributed by atoms with E-state index in [1.54, 1.807) is 26.0 Å². The first-order valence-corrected chi connectivity index (χ1v) is 12.7. The predicted octanol–water partition coefficient (Wildman–Crippen LogP) is 6.02. The molecule has 39 heavy (non-hydrogen) atoms. The van der Waals surface area contributed by atoms with E-state index in [2.05, 4.69) is 5.10 Å². The Labute approximate surface area is 226 Å². The summed E-state index contributed by atoms with van der Waals surface area (Å²) in [5.74, 6) is -0.187. The summed E-state index contributed by atoms with van der Waals surface area (Å²) < 4.78 is 46.7. The lowest BCUT2D eigenvalue weighted by Gasteiger charge is -2.22. The number of carbonyl (C=O) groups is 1. The molecule has 0 aliphatic carbocycles. The van der Waals surface area contributed by atoms with E-state index in [0.29, 0.717) is 11.3 Å². The third kappa shape index (κ3) is 6.03. The highest BCUT2D eigenvalue weighted by Crippen LogP contribution is 2.37. The molecule has 0 saturated heterocycles. The van der Waals surface area contributed by atoms with Gasteiger partial charge in [-0.1, -0.05) is 30.3 Å². The minimum Gasteiger partial charge on any atom is -0.480 e. The van der Waals surface area contributed by atoms with Crippen LogP contribution in [0.25, 0.3) is 5.69 Å². The molecule has 1 atom stereocenters. The van der Waals surface area contributed by atoms with Gasteiger partial charge in [-0.25, -0.2) is 4.79 Å².